The van der Waals surface area contributed by atoms with Crippen LogP contribution in [0.2, 0.25) is 0 Å². The van der Waals surface area contributed by atoms with Gasteiger partial charge in [-0.05, 0) is 29.7 Å². The van der Waals surface area contributed by atoms with Crippen LogP contribution in [0.4, 0.5) is 4.79 Å². The van der Waals surface area contributed by atoms with Crippen molar-refractivity contribution in [1.29, 1.82) is 0 Å². The molecule has 1 aromatic heterocycles. The highest BCUT2D eigenvalue weighted by Gasteiger charge is 2.23. The van der Waals surface area contributed by atoms with Gasteiger partial charge in [-0.1, -0.05) is 5.16 Å². The number of hydrogen-bond acceptors (Lipinski definition) is 7. The van der Waals surface area contributed by atoms with E-state index in [0.29, 0.717) is 31.0 Å². The molecule has 10 heteroatoms. The monoisotopic (exact) mass is 375 g/mol. The summed E-state index contributed by atoms with van der Waals surface area (Å²) in [6, 6.07) is 3.58. The van der Waals surface area contributed by atoms with E-state index in [1.165, 1.54) is 7.05 Å². The Morgan fingerprint density at radius 1 is 1.22 bits per heavy atom. The van der Waals surface area contributed by atoms with Crippen molar-refractivity contribution in [3.63, 3.8) is 0 Å². The molecule has 2 N–H and O–H groups in total. The van der Waals surface area contributed by atoms with Gasteiger partial charge in [-0.2, -0.15) is 4.98 Å². The number of aromatic nitrogens is 2. The zero-order valence-electron chi connectivity index (χ0n) is 15.4. The molecule has 0 bridgehead atoms. The van der Waals surface area contributed by atoms with E-state index in [9.17, 15) is 9.59 Å². The van der Waals surface area contributed by atoms with Crippen molar-refractivity contribution >= 4 is 11.9 Å². The number of amides is 3. The van der Waals surface area contributed by atoms with Crippen molar-refractivity contribution in [2.24, 2.45) is 0 Å². The molecule has 0 aliphatic carbocycles. The van der Waals surface area contributed by atoms with Crippen molar-refractivity contribution in [3.05, 3.63) is 35.0 Å². The fraction of sp³-hybridized carbons (Fsp3) is 0.412. The quantitative estimate of drug-likeness (QED) is 0.790. The van der Waals surface area contributed by atoms with Gasteiger partial charge in [0.25, 0.3) is 11.7 Å². The zero-order valence-corrected chi connectivity index (χ0v) is 15.4. The number of carbonyl (C=O) groups is 2. The van der Waals surface area contributed by atoms with Crippen LogP contribution in [-0.2, 0) is 19.5 Å². The first kappa shape index (κ1) is 18.5. The number of nitrogens with one attached hydrogen (secondary N) is 2. The molecule has 0 unspecified atom stereocenters. The SMILES string of the molecule is CNC(=O)c1noc(CNC(=O)N2CCc3cc(OC)c(OC)cc3C2)n1. The second kappa shape index (κ2) is 7.94. The molecule has 0 saturated heterocycles. The lowest BCUT2D eigenvalue weighted by molar-refractivity contribution is 0.0950. The first-order valence-corrected chi connectivity index (χ1v) is 8.37. The Hall–Kier alpha value is -3.30. The average Bonchev–Trinajstić information content (AvgIpc) is 3.18. The number of nitrogens with zero attached hydrogens (tertiary/aromatic N) is 3. The molecule has 2 heterocycles. The van der Waals surface area contributed by atoms with Crippen molar-refractivity contribution in [1.82, 2.24) is 25.7 Å². The zero-order chi connectivity index (χ0) is 19.4. The topological polar surface area (TPSA) is 119 Å². The molecule has 0 atom stereocenters. The fourth-order valence-electron chi connectivity index (χ4n) is 2.85. The van der Waals surface area contributed by atoms with E-state index in [2.05, 4.69) is 20.8 Å². The summed E-state index contributed by atoms with van der Waals surface area (Å²) in [5.74, 6) is 0.942. The Morgan fingerprint density at radius 2 is 1.93 bits per heavy atom. The Kier molecular flexibility index (Phi) is 5.43. The first-order valence-electron chi connectivity index (χ1n) is 8.37. The second-order valence-electron chi connectivity index (χ2n) is 5.90. The highest BCUT2D eigenvalue weighted by atomic mass is 16.5. The highest BCUT2D eigenvalue weighted by Crippen LogP contribution is 2.33. The predicted molar refractivity (Wildman–Crippen MR) is 93.6 cm³/mol. The van der Waals surface area contributed by atoms with Crippen molar-refractivity contribution in [2.45, 2.75) is 19.5 Å². The summed E-state index contributed by atoms with van der Waals surface area (Å²) in [4.78, 5) is 29.5. The number of ether oxygens (including phenoxy) is 2. The Morgan fingerprint density at radius 3 is 2.59 bits per heavy atom. The van der Waals surface area contributed by atoms with Crippen LogP contribution in [0.15, 0.2) is 16.7 Å². The smallest absolute Gasteiger partial charge is 0.318 e. The minimum atomic E-state index is -0.451. The Labute approximate surface area is 155 Å². The van der Waals surface area contributed by atoms with E-state index >= 15 is 0 Å². The molecule has 1 aliphatic heterocycles. The number of carbonyl (C=O) groups excluding carboxylic acids is 2. The summed E-state index contributed by atoms with van der Waals surface area (Å²) in [7, 11) is 4.65. The van der Waals surface area contributed by atoms with Gasteiger partial charge in [0, 0.05) is 20.1 Å². The van der Waals surface area contributed by atoms with E-state index in [4.69, 9.17) is 14.0 Å². The minimum absolute atomic E-state index is 0.0398. The third kappa shape index (κ3) is 3.94. The Balaban J connectivity index is 1.62. The third-order valence-corrected chi connectivity index (χ3v) is 4.29. The second-order valence-corrected chi connectivity index (χ2v) is 5.90. The molecule has 0 radical (unpaired) electrons. The summed E-state index contributed by atoms with van der Waals surface area (Å²) in [5.41, 5.74) is 2.14. The molecular formula is C17H21N5O5. The number of urea groups is 1. The van der Waals surface area contributed by atoms with Crippen molar-refractivity contribution in [3.8, 4) is 11.5 Å². The Bertz CT molecular complexity index is 850. The van der Waals surface area contributed by atoms with E-state index in [1.807, 2.05) is 12.1 Å². The van der Waals surface area contributed by atoms with E-state index in [0.717, 1.165) is 11.1 Å². The molecule has 10 nitrogen and oxygen atoms in total. The van der Waals surface area contributed by atoms with Gasteiger partial charge in [-0.3, -0.25) is 4.79 Å². The maximum absolute atomic E-state index is 12.4. The normalized spacial score (nSPS) is 12.9. The number of hydrogen-bond donors (Lipinski definition) is 2. The molecule has 1 aromatic carbocycles. The maximum atomic E-state index is 12.4. The van der Waals surface area contributed by atoms with Gasteiger partial charge < -0.3 is 29.5 Å². The van der Waals surface area contributed by atoms with Crippen LogP contribution in [0.5, 0.6) is 11.5 Å². The minimum Gasteiger partial charge on any atom is -0.493 e. The molecule has 3 rings (SSSR count). The van der Waals surface area contributed by atoms with E-state index in [1.54, 1.807) is 19.1 Å². The number of fused-ring (bicyclic) bond motifs is 1. The van der Waals surface area contributed by atoms with Gasteiger partial charge in [0.05, 0.1) is 20.8 Å². The van der Waals surface area contributed by atoms with Crippen LogP contribution >= 0.6 is 0 Å². The van der Waals surface area contributed by atoms with Crippen LogP contribution < -0.4 is 20.1 Å². The van der Waals surface area contributed by atoms with E-state index < -0.39 is 5.91 Å². The maximum Gasteiger partial charge on any atom is 0.318 e. The molecule has 3 amide bonds. The average molecular weight is 375 g/mol. The van der Waals surface area contributed by atoms with Crippen LogP contribution in [0.25, 0.3) is 0 Å². The summed E-state index contributed by atoms with van der Waals surface area (Å²) < 4.78 is 15.6. The van der Waals surface area contributed by atoms with Crippen LogP contribution in [0.3, 0.4) is 0 Å². The van der Waals surface area contributed by atoms with Gasteiger partial charge in [0.2, 0.25) is 5.89 Å². The lowest BCUT2D eigenvalue weighted by atomic mass is 9.99. The molecule has 0 saturated carbocycles. The van der Waals surface area contributed by atoms with Gasteiger partial charge in [-0.25, -0.2) is 4.79 Å². The molecule has 27 heavy (non-hydrogen) atoms. The molecule has 0 fully saturated rings. The lowest BCUT2D eigenvalue weighted by Gasteiger charge is -2.29. The van der Waals surface area contributed by atoms with Gasteiger partial charge in [0.1, 0.15) is 0 Å². The summed E-state index contributed by atoms with van der Waals surface area (Å²) in [6.07, 6.45) is 0.713. The largest absolute Gasteiger partial charge is 0.493 e. The molecule has 0 spiro atoms. The number of methoxy groups -OCH3 is 2. The van der Waals surface area contributed by atoms with Crippen LogP contribution in [0, 0.1) is 0 Å². The first-order chi connectivity index (χ1) is 13.0. The molecular weight excluding hydrogens is 354 g/mol. The van der Waals surface area contributed by atoms with Gasteiger partial charge in [-0.15, -0.1) is 0 Å². The molecule has 2 aromatic rings. The standard InChI is InChI=1S/C17H21N5O5/c1-18-16(23)15-20-14(27-21-15)8-19-17(24)22-5-4-10-6-12(25-2)13(26-3)7-11(10)9-22/h6-7H,4-5,8-9H2,1-3H3,(H,18,23)(H,19,24). The van der Waals surface area contributed by atoms with Crippen LogP contribution in [0.1, 0.15) is 27.6 Å². The van der Waals surface area contributed by atoms with E-state index in [-0.39, 0.29) is 24.3 Å². The predicted octanol–water partition coefficient (Wildman–Crippen LogP) is 0.714. The summed E-state index contributed by atoms with van der Waals surface area (Å²) >= 11 is 0. The highest BCUT2D eigenvalue weighted by molar-refractivity contribution is 5.89. The number of benzene rings is 1. The third-order valence-electron chi connectivity index (χ3n) is 4.29. The van der Waals surface area contributed by atoms with Gasteiger partial charge in [0.15, 0.2) is 11.5 Å². The summed E-state index contributed by atoms with van der Waals surface area (Å²) in [6.45, 7) is 1.06. The molecule has 1 aliphatic rings. The van der Waals surface area contributed by atoms with Crippen LogP contribution in [-0.4, -0.2) is 54.8 Å². The summed E-state index contributed by atoms with van der Waals surface area (Å²) in [5, 5.41) is 8.68. The fourth-order valence-corrected chi connectivity index (χ4v) is 2.85. The van der Waals surface area contributed by atoms with Crippen molar-refractivity contribution < 1.29 is 23.6 Å². The lowest BCUT2D eigenvalue weighted by Crippen LogP contribution is -2.42. The van der Waals surface area contributed by atoms with Crippen molar-refractivity contribution in [2.75, 3.05) is 27.8 Å². The number of rotatable bonds is 5. The molecule has 144 valence electrons. The van der Waals surface area contributed by atoms with Gasteiger partial charge >= 0.3 is 6.03 Å².